The first-order valence-corrected chi connectivity index (χ1v) is 9.36. The predicted molar refractivity (Wildman–Crippen MR) is 84.8 cm³/mol. The maximum atomic E-state index is 12.3. The van der Waals surface area contributed by atoms with Gasteiger partial charge >= 0.3 is 0 Å². The molecule has 0 saturated heterocycles. The van der Waals surface area contributed by atoms with Crippen molar-refractivity contribution < 1.29 is 8.42 Å². The lowest BCUT2D eigenvalue weighted by Crippen LogP contribution is -2.24. The number of rotatable bonds is 9. The van der Waals surface area contributed by atoms with Crippen LogP contribution in [0.25, 0.3) is 0 Å². The quantitative estimate of drug-likeness (QED) is 0.688. The molecule has 1 aromatic rings. The standard InChI is InChI=1S/C15H27N3O2S/c1-4-5-8-17-21(19,20)15-9-14(10-16-13-6-7-13)18(11-15)12(2)3/h9,11-13,16-17H,4-8,10H2,1-3H3. The number of hydrogen-bond donors (Lipinski definition) is 2. The van der Waals surface area contributed by atoms with Crippen molar-refractivity contribution in [2.24, 2.45) is 0 Å². The topological polar surface area (TPSA) is 63.1 Å². The lowest BCUT2D eigenvalue weighted by atomic mass is 10.3. The van der Waals surface area contributed by atoms with Gasteiger partial charge in [0.15, 0.2) is 0 Å². The summed E-state index contributed by atoms with van der Waals surface area (Å²) in [5.74, 6) is 0. The van der Waals surface area contributed by atoms with Crippen molar-refractivity contribution in [2.75, 3.05) is 6.54 Å². The second-order valence-electron chi connectivity index (χ2n) is 6.07. The summed E-state index contributed by atoms with van der Waals surface area (Å²) < 4.78 is 29.3. The smallest absolute Gasteiger partial charge is 0.242 e. The first-order valence-electron chi connectivity index (χ1n) is 7.88. The summed E-state index contributed by atoms with van der Waals surface area (Å²) in [5.41, 5.74) is 1.03. The van der Waals surface area contributed by atoms with Gasteiger partial charge in [-0.1, -0.05) is 13.3 Å². The molecule has 6 heteroatoms. The summed E-state index contributed by atoms with van der Waals surface area (Å²) in [6, 6.07) is 2.66. The van der Waals surface area contributed by atoms with E-state index in [4.69, 9.17) is 0 Å². The van der Waals surface area contributed by atoms with Crippen molar-refractivity contribution in [2.45, 2.75) is 70.0 Å². The third-order valence-electron chi connectivity index (χ3n) is 3.75. The largest absolute Gasteiger partial charge is 0.346 e. The van der Waals surface area contributed by atoms with Gasteiger partial charge in [-0.25, -0.2) is 13.1 Å². The zero-order chi connectivity index (χ0) is 15.5. The summed E-state index contributed by atoms with van der Waals surface area (Å²) in [6.45, 7) is 7.42. The van der Waals surface area contributed by atoms with Crippen molar-refractivity contribution in [1.29, 1.82) is 0 Å². The first kappa shape index (κ1) is 16.5. The molecule has 1 aliphatic carbocycles. The Hall–Kier alpha value is -0.850. The maximum Gasteiger partial charge on any atom is 0.242 e. The third kappa shape index (κ3) is 4.56. The van der Waals surface area contributed by atoms with E-state index < -0.39 is 10.0 Å². The van der Waals surface area contributed by atoms with Crippen LogP contribution in [0, 0.1) is 0 Å². The molecule has 5 nitrogen and oxygen atoms in total. The molecule has 2 N–H and O–H groups in total. The number of nitrogens with zero attached hydrogens (tertiary/aromatic N) is 1. The number of unbranched alkanes of at least 4 members (excludes halogenated alkanes) is 1. The Bertz CT molecular complexity index is 559. The Morgan fingerprint density at radius 2 is 2.10 bits per heavy atom. The molecule has 1 fully saturated rings. The van der Waals surface area contributed by atoms with Crippen LogP contribution in [0.5, 0.6) is 0 Å². The van der Waals surface area contributed by atoms with Crippen LogP contribution in [0.3, 0.4) is 0 Å². The van der Waals surface area contributed by atoms with Crippen LogP contribution in [-0.4, -0.2) is 25.6 Å². The van der Waals surface area contributed by atoms with Gasteiger partial charge in [0.2, 0.25) is 10.0 Å². The Morgan fingerprint density at radius 3 is 2.67 bits per heavy atom. The van der Waals surface area contributed by atoms with E-state index in [-0.39, 0.29) is 6.04 Å². The number of nitrogens with one attached hydrogen (secondary N) is 2. The Balaban J connectivity index is 2.12. The summed E-state index contributed by atoms with van der Waals surface area (Å²) >= 11 is 0. The van der Waals surface area contributed by atoms with E-state index in [9.17, 15) is 8.42 Å². The van der Waals surface area contributed by atoms with Gasteiger partial charge in [-0.3, -0.25) is 0 Å². The second kappa shape index (κ2) is 6.94. The Labute approximate surface area is 128 Å². The molecule has 0 aromatic carbocycles. The maximum absolute atomic E-state index is 12.3. The van der Waals surface area contributed by atoms with Crippen LogP contribution >= 0.6 is 0 Å². The van der Waals surface area contributed by atoms with Crippen LogP contribution in [0.15, 0.2) is 17.2 Å². The van der Waals surface area contributed by atoms with Gasteiger partial charge < -0.3 is 9.88 Å². The molecule has 0 bridgehead atoms. The van der Waals surface area contributed by atoms with E-state index in [2.05, 4.69) is 23.9 Å². The fourth-order valence-electron chi connectivity index (χ4n) is 2.27. The molecule has 0 atom stereocenters. The van der Waals surface area contributed by atoms with Gasteiger partial charge in [0.25, 0.3) is 0 Å². The van der Waals surface area contributed by atoms with Crippen LogP contribution in [0.1, 0.15) is 58.2 Å². The predicted octanol–water partition coefficient (Wildman–Crippen LogP) is 2.40. The number of sulfonamides is 1. The fraction of sp³-hybridized carbons (Fsp3) is 0.733. The molecule has 0 spiro atoms. The highest BCUT2D eigenvalue weighted by Gasteiger charge is 2.23. The van der Waals surface area contributed by atoms with Gasteiger partial charge in [0, 0.05) is 37.1 Å². The number of hydrogen-bond acceptors (Lipinski definition) is 3. The zero-order valence-electron chi connectivity index (χ0n) is 13.2. The van der Waals surface area contributed by atoms with E-state index >= 15 is 0 Å². The minimum absolute atomic E-state index is 0.251. The van der Waals surface area contributed by atoms with Gasteiger partial charge in [0.05, 0.1) is 4.90 Å². The van der Waals surface area contributed by atoms with E-state index in [1.807, 2.05) is 11.5 Å². The summed E-state index contributed by atoms with van der Waals surface area (Å²) in [4.78, 5) is 0.375. The van der Waals surface area contributed by atoms with Crippen LogP contribution in [0.2, 0.25) is 0 Å². The lowest BCUT2D eigenvalue weighted by Gasteiger charge is -2.13. The third-order valence-corrected chi connectivity index (χ3v) is 5.17. The average Bonchev–Trinajstić information content (AvgIpc) is 3.13. The molecule has 2 rings (SSSR count). The van der Waals surface area contributed by atoms with E-state index in [0.29, 0.717) is 17.5 Å². The fourth-order valence-corrected chi connectivity index (χ4v) is 3.39. The van der Waals surface area contributed by atoms with Crippen molar-refractivity contribution in [3.8, 4) is 0 Å². The van der Waals surface area contributed by atoms with Gasteiger partial charge in [-0.05, 0) is 39.2 Å². The highest BCUT2D eigenvalue weighted by molar-refractivity contribution is 7.89. The summed E-state index contributed by atoms with van der Waals surface area (Å²) in [5, 5.41) is 3.45. The summed E-state index contributed by atoms with van der Waals surface area (Å²) in [6.07, 6.45) is 6.05. The molecular weight excluding hydrogens is 286 g/mol. The minimum Gasteiger partial charge on any atom is -0.346 e. The highest BCUT2D eigenvalue weighted by Crippen LogP contribution is 2.22. The number of aromatic nitrogens is 1. The highest BCUT2D eigenvalue weighted by atomic mass is 32.2. The molecular formula is C15H27N3O2S. The SMILES string of the molecule is CCCCNS(=O)(=O)c1cc(CNC2CC2)n(C(C)C)c1. The van der Waals surface area contributed by atoms with Crippen LogP contribution in [-0.2, 0) is 16.6 Å². The van der Waals surface area contributed by atoms with E-state index in [0.717, 1.165) is 25.1 Å². The molecule has 0 aliphatic heterocycles. The van der Waals surface area contributed by atoms with Crippen molar-refractivity contribution >= 4 is 10.0 Å². The normalized spacial score (nSPS) is 15.8. The second-order valence-corrected chi connectivity index (χ2v) is 7.84. The average molecular weight is 313 g/mol. The van der Waals surface area contributed by atoms with E-state index in [1.165, 1.54) is 12.8 Å². The van der Waals surface area contributed by atoms with Gasteiger partial charge in [0.1, 0.15) is 0 Å². The molecule has 120 valence electrons. The van der Waals surface area contributed by atoms with Crippen molar-refractivity contribution in [1.82, 2.24) is 14.6 Å². The molecule has 1 saturated carbocycles. The van der Waals surface area contributed by atoms with E-state index in [1.54, 1.807) is 12.3 Å². The summed E-state index contributed by atoms with van der Waals surface area (Å²) in [7, 11) is -3.39. The zero-order valence-corrected chi connectivity index (χ0v) is 14.0. The minimum atomic E-state index is -3.39. The first-order chi connectivity index (χ1) is 9.94. The van der Waals surface area contributed by atoms with Crippen LogP contribution < -0.4 is 10.0 Å². The molecule has 1 aliphatic rings. The lowest BCUT2D eigenvalue weighted by molar-refractivity contribution is 0.549. The van der Waals surface area contributed by atoms with Crippen molar-refractivity contribution in [3.05, 3.63) is 18.0 Å². The van der Waals surface area contributed by atoms with Gasteiger partial charge in [-0.2, -0.15) is 0 Å². The monoisotopic (exact) mass is 313 g/mol. The van der Waals surface area contributed by atoms with Crippen molar-refractivity contribution in [3.63, 3.8) is 0 Å². The molecule has 1 aromatic heterocycles. The molecule has 0 radical (unpaired) electrons. The molecule has 0 amide bonds. The Morgan fingerprint density at radius 1 is 1.38 bits per heavy atom. The Kier molecular flexibility index (Phi) is 5.46. The molecule has 21 heavy (non-hydrogen) atoms. The molecule has 1 heterocycles. The molecule has 0 unspecified atom stereocenters. The van der Waals surface area contributed by atoms with Gasteiger partial charge in [-0.15, -0.1) is 0 Å². The van der Waals surface area contributed by atoms with Crippen LogP contribution in [0.4, 0.5) is 0 Å².